The molecule has 4 atom stereocenters. The lowest BCUT2D eigenvalue weighted by molar-refractivity contribution is -0.284. The summed E-state index contributed by atoms with van der Waals surface area (Å²) in [5.41, 5.74) is -3.62. The molecule has 0 heterocycles. The van der Waals surface area contributed by atoms with Crippen LogP contribution in [0.4, 0.5) is 30.7 Å². The number of benzene rings is 1. The second kappa shape index (κ2) is 10.1. The van der Waals surface area contributed by atoms with Crippen LogP contribution >= 0.6 is 0 Å². The Hall–Kier alpha value is -1.59. The Kier molecular flexibility index (Phi) is 8.44. The van der Waals surface area contributed by atoms with Crippen LogP contribution in [0, 0.1) is 0 Å². The van der Waals surface area contributed by atoms with E-state index in [9.17, 15) is 35.8 Å². The van der Waals surface area contributed by atoms with Crippen LogP contribution in [0.25, 0.3) is 0 Å². The van der Waals surface area contributed by atoms with Crippen LogP contribution < -0.4 is 10.1 Å². The Morgan fingerprint density at radius 1 is 1.06 bits per heavy atom. The number of rotatable bonds is 9. The second-order valence-corrected chi connectivity index (χ2v) is 8.34. The smallest absolute Gasteiger partial charge is 0.428 e. The predicted octanol–water partition coefficient (Wildman–Crippen LogP) is 5.60. The third-order valence-corrected chi connectivity index (χ3v) is 5.44. The highest BCUT2D eigenvalue weighted by Crippen LogP contribution is 2.42. The van der Waals surface area contributed by atoms with Gasteiger partial charge in [0.25, 0.3) is 0 Å². The van der Waals surface area contributed by atoms with Crippen molar-refractivity contribution in [3.63, 3.8) is 0 Å². The van der Waals surface area contributed by atoms with Crippen molar-refractivity contribution in [3.05, 3.63) is 29.8 Å². The zero-order valence-corrected chi connectivity index (χ0v) is 17.9. The minimum atomic E-state index is -5.12. The molecule has 1 fully saturated rings. The molecule has 0 bridgehead atoms. The predicted molar refractivity (Wildman–Crippen MR) is 103 cm³/mol. The van der Waals surface area contributed by atoms with E-state index in [2.05, 4.69) is 10.1 Å². The lowest BCUT2D eigenvalue weighted by Gasteiger charge is -2.42. The van der Waals surface area contributed by atoms with E-state index in [1.807, 2.05) is 13.8 Å². The molecule has 1 saturated carbocycles. The van der Waals surface area contributed by atoms with E-state index in [1.54, 1.807) is 0 Å². The molecular formula is C21H28F7NO3. The molecule has 0 amide bonds. The number of hydrogen-bond donors (Lipinski definition) is 2. The zero-order valence-electron chi connectivity index (χ0n) is 17.9. The molecule has 4 nitrogen and oxygen atoms in total. The molecule has 0 aliphatic heterocycles. The number of alkyl halides is 7. The van der Waals surface area contributed by atoms with Crippen LogP contribution in [0.5, 0.6) is 5.75 Å². The summed E-state index contributed by atoms with van der Waals surface area (Å²) >= 11 is 0. The SMILES string of the molecule is CC(C)OC1CCCC(NC(O)(C(C)c2cccc(OC(F)(F)C(F)F)c2)C(F)(F)F)C1. The molecule has 2 N–H and O–H groups in total. The summed E-state index contributed by atoms with van der Waals surface area (Å²) in [6.07, 6.45) is -12.5. The Bertz CT molecular complexity index is 744. The van der Waals surface area contributed by atoms with Gasteiger partial charge in [0.15, 0.2) is 0 Å². The lowest BCUT2D eigenvalue weighted by Crippen LogP contribution is -2.63. The lowest BCUT2D eigenvalue weighted by atomic mass is 9.86. The Labute approximate surface area is 182 Å². The number of halogens is 7. The average molecular weight is 475 g/mol. The second-order valence-electron chi connectivity index (χ2n) is 8.34. The molecule has 184 valence electrons. The highest BCUT2D eigenvalue weighted by molar-refractivity contribution is 5.33. The molecule has 1 aliphatic carbocycles. The molecule has 0 aromatic heterocycles. The Balaban J connectivity index is 2.26. The summed E-state index contributed by atoms with van der Waals surface area (Å²) < 4.78 is 103. The summed E-state index contributed by atoms with van der Waals surface area (Å²) in [6.45, 7) is 4.70. The third kappa shape index (κ3) is 6.48. The van der Waals surface area contributed by atoms with E-state index in [0.29, 0.717) is 19.3 Å². The number of hydrogen-bond acceptors (Lipinski definition) is 4. The zero-order chi connectivity index (χ0) is 24.3. The molecular weight excluding hydrogens is 447 g/mol. The minimum Gasteiger partial charge on any atom is -0.428 e. The number of aliphatic hydroxyl groups is 1. The van der Waals surface area contributed by atoms with Crippen molar-refractivity contribution < 1.29 is 45.3 Å². The van der Waals surface area contributed by atoms with E-state index in [0.717, 1.165) is 25.1 Å². The minimum absolute atomic E-state index is 0.103. The van der Waals surface area contributed by atoms with Crippen LogP contribution in [0.1, 0.15) is 57.9 Å². The first-order valence-electron chi connectivity index (χ1n) is 10.3. The van der Waals surface area contributed by atoms with E-state index in [-0.39, 0.29) is 24.2 Å². The van der Waals surface area contributed by atoms with Gasteiger partial charge in [-0.15, -0.1) is 0 Å². The van der Waals surface area contributed by atoms with Crippen molar-refractivity contribution >= 4 is 0 Å². The van der Waals surface area contributed by atoms with E-state index in [4.69, 9.17) is 4.74 Å². The average Bonchev–Trinajstić information content (AvgIpc) is 2.66. The maximum atomic E-state index is 14.0. The molecule has 1 aromatic carbocycles. The van der Waals surface area contributed by atoms with Crippen molar-refractivity contribution in [1.29, 1.82) is 0 Å². The first-order valence-corrected chi connectivity index (χ1v) is 10.3. The largest absolute Gasteiger partial charge is 0.461 e. The highest BCUT2D eigenvalue weighted by atomic mass is 19.4. The molecule has 11 heteroatoms. The summed E-state index contributed by atoms with van der Waals surface area (Å²) in [4.78, 5) is 0. The normalized spacial score (nSPS) is 23.3. The van der Waals surface area contributed by atoms with Crippen LogP contribution in [0.15, 0.2) is 24.3 Å². The topological polar surface area (TPSA) is 50.7 Å². The van der Waals surface area contributed by atoms with Gasteiger partial charge in [-0.2, -0.15) is 30.7 Å². The molecule has 0 radical (unpaired) electrons. The first kappa shape index (κ1) is 26.7. The molecule has 1 aromatic rings. The van der Waals surface area contributed by atoms with Crippen molar-refractivity contribution in [2.45, 2.75) is 95.1 Å². The van der Waals surface area contributed by atoms with Gasteiger partial charge in [-0.1, -0.05) is 19.1 Å². The van der Waals surface area contributed by atoms with Gasteiger partial charge in [0, 0.05) is 12.0 Å². The molecule has 0 saturated heterocycles. The maximum Gasteiger partial charge on any atom is 0.461 e. The number of nitrogens with one attached hydrogen (secondary N) is 1. The number of ether oxygens (including phenoxy) is 2. The summed E-state index contributed by atoms with van der Waals surface area (Å²) in [5.74, 6) is -2.41. The van der Waals surface area contributed by atoms with Gasteiger partial charge in [0.2, 0.25) is 5.72 Å². The van der Waals surface area contributed by atoms with Crippen molar-refractivity contribution in [3.8, 4) is 5.75 Å². The van der Waals surface area contributed by atoms with E-state index < -0.39 is 42.1 Å². The molecule has 32 heavy (non-hydrogen) atoms. The summed E-state index contributed by atoms with van der Waals surface area (Å²) in [5, 5.41) is 13.0. The Morgan fingerprint density at radius 3 is 2.28 bits per heavy atom. The van der Waals surface area contributed by atoms with Crippen molar-refractivity contribution in [2.75, 3.05) is 0 Å². The molecule has 4 unspecified atom stereocenters. The van der Waals surface area contributed by atoms with Crippen molar-refractivity contribution in [1.82, 2.24) is 5.32 Å². The first-order chi connectivity index (χ1) is 14.7. The van der Waals surface area contributed by atoms with E-state index >= 15 is 0 Å². The molecule has 1 aliphatic rings. The van der Waals surface area contributed by atoms with Gasteiger partial charge in [0.1, 0.15) is 5.75 Å². The van der Waals surface area contributed by atoms with Crippen LogP contribution in [0.2, 0.25) is 0 Å². The fourth-order valence-electron chi connectivity index (χ4n) is 3.84. The van der Waals surface area contributed by atoms with Gasteiger partial charge in [0.05, 0.1) is 12.2 Å². The monoisotopic (exact) mass is 475 g/mol. The van der Waals surface area contributed by atoms with Crippen LogP contribution in [-0.2, 0) is 4.74 Å². The van der Waals surface area contributed by atoms with Gasteiger partial charge < -0.3 is 14.6 Å². The van der Waals surface area contributed by atoms with Crippen LogP contribution in [0.3, 0.4) is 0 Å². The standard InChI is InChI=1S/C21H28F7NO3/c1-12(2)31-16-8-5-7-15(11-16)29-19(30,21(26,27)28)13(3)14-6-4-9-17(10-14)32-20(24,25)18(22)23/h4,6,9-10,12-13,15-16,18,29-30H,5,7-8,11H2,1-3H3. The maximum absolute atomic E-state index is 14.0. The quantitative estimate of drug-likeness (QED) is 0.361. The summed E-state index contributed by atoms with van der Waals surface area (Å²) in [6, 6.07) is 3.25. The highest BCUT2D eigenvalue weighted by Gasteiger charge is 2.58. The molecule has 0 spiro atoms. The van der Waals surface area contributed by atoms with Crippen molar-refractivity contribution in [2.24, 2.45) is 0 Å². The fraction of sp³-hybridized carbons (Fsp3) is 0.714. The van der Waals surface area contributed by atoms with Gasteiger partial charge >= 0.3 is 18.7 Å². The van der Waals surface area contributed by atoms with Crippen LogP contribution in [-0.4, -0.2) is 47.8 Å². The molecule has 2 rings (SSSR count). The van der Waals surface area contributed by atoms with E-state index in [1.165, 1.54) is 6.07 Å². The summed E-state index contributed by atoms with van der Waals surface area (Å²) in [7, 11) is 0. The third-order valence-electron chi connectivity index (χ3n) is 5.44. The fourth-order valence-corrected chi connectivity index (χ4v) is 3.84. The van der Waals surface area contributed by atoms with Gasteiger partial charge in [-0.25, -0.2) is 0 Å². The van der Waals surface area contributed by atoms with Gasteiger partial charge in [-0.3, -0.25) is 5.32 Å². The Morgan fingerprint density at radius 2 is 1.72 bits per heavy atom. The van der Waals surface area contributed by atoms with Gasteiger partial charge in [-0.05, 0) is 57.2 Å².